The summed E-state index contributed by atoms with van der Waals surface area (Å²) in [7, 11) is 0. The van der Waals surface area contributed by atoms with Crippen LogP contribution >= 0.6 is 0 Å². The molecule has 2 aromatic carbocycles. The maximum atomic E-state index is 10.8. The number of ether oxygens (including phenoxy) is 1. The molecule has 2 aromatic rings. The summed E-state index contributed by atoms with van der Waals surface area (Å²) in [5.41, 5.74) is 2.24. The van der Waals surface area contributed by atoms with Gasteiger partial charge in [-0.3, -0.25) is 0 Å². The average molecular weight is 268 g/mol. The first-order valence-corrected chi connectivity index (χ1v) is 6.37. The fraction of sp³-hybridized carbons (Fsp3) is 0.118. The molecule has 3 nitrogen and oxygen atoms in total. The van der Waals surface area contributed by atoms with Gasteiger partial charge in [-0.2, -0.15) is 0 Å². The topological polar surface area (TPSA) is 46.5 Å². The van der Waals surface area contributed by atoms with E-state index in [0.29, 0.717) is 6.61 Å². The first-order chi connectivity index (χ1) is 9.70. The number of allylic oxidation sites excluding steroid dienone is 1. The Morgan fingerprint density at radius 3 is 2.50 bits per heavy atom. The molecule has 0 aliphatic rings. The highest BCUT2D eigenvalue weighted by atomic mass is 16.5. The summed E-state index contributed by atoms with van der Waals surface area (Å²) in [4.78, 5) is 10.8. The molecule has 1 N–H and O–H groups in total. The molecule has 0 radical (unpaired) electrons. The van der Waals surface area contributed by atoms with Gasteiger partial charge < -0.3 is 9.84 Å². The van der Waals surface area contributed by atoms with E-state index in [2.05, 4.69) is 0 Å². The number of carboxylic acid groups (broad SMARTS) is 1. The molecule has 0 aliphatic heterocycles. The predicted molar refractivity (Wildman–Crippen MR) is 78.9 cm³/mol. The molecule has 0 aliphatic carbocycles. The van der Waals surface area contributed by atoms with Crippen molar-refractivity contribution in [1.29, 1.82) is 0 Å². The lowest BCUT2D eigenvalue weighted by molar-refractivity contribution is 0.0697. The Morgan fingerprint density at radius 1 is 1.15 bits per heavy atom. The van der Waals surface area contributed by atoms with Crippen molar-refractivity contribution in [3.05, 3.63) is 71.3 Å². The number of rotatable bonds is 5. The van der Waals surface area contributed by atoms with Crippen LogP contribution in [0.5, 0.6) is 5.75 Å². The standard InChI is InChI=1S/C17H16O3/c1-2-5-14-6-3-4-7-16(14)20-12-13-8-10-15(11-9-13)17(18)19/h2-11H,12H2,1H3,(H,18,19). The first-order valence-electron chi connectivity index (χ1n) is 6.37. The quantitative estimate of drug-likeness (QED) is 0.891. The Bertz CT molecular complexity index is 612. The van der Waals surface area contributed by atoms with Crippen molar-refractivity contribution >= 4 is 12.0 Å². The van der Waals surface area contributed by atoms with Gasteiger partial charge in [0.1, 0.15) is 12.4 Å². The van der Waals surface area contributed by atoms with Gasteiger partial charge in [0.2, 0.25) is 0 Å². The maximum Gasteiger partial charge on any atom is 0.335 e. The molecule has 20 heavy (non-hydrogen) atoms. The van der Waals surface area contributed by atoms with Crippen LogP contribution in [0.25, 0.3) is 6.08 Å². The van der Waals surface area contributed by atoms with Crippen molar-refractivity contribution in [2.24, 2.45) is 0 Å². The molecule has 0 bridgehead atoms. The number of para-hydroxylation sites is 1. The van der Waals surface area contributed by atoms with Crippen molar-refractivity contribution in [2.75, 3.05) is 0 Å². The molecule has 0 unspecified atom stereocenters. The van der Waals surface area contributed by atoms with Gasteiger partial charge in [-0.05, 0) is 30.7 Å². The fourth-order valence-electron chi connectivity index (χ4n) is 1.83. The number of hydrogen-bond acceptors (Lipinski definition) is 2. The largest absolute Gasteiger partial charge is 0.488 e. The average Bonchev–Trinajstić information content (AvgIpc) is 2.47. The van der Waals surface area contributed by atoms with Gasteiger partial charge >= 0.3 is 5.97 Å². The van der Waals surface area contributed by atoms with E-state index in [1.807, 2.05) is 43.3 Å². The molecule has 0 saturated heterocycles. The Hall–Kier alpha value is -2.55. The molecule has 0 saturated carbocycles. The van der Waals surface area contributed by atoms with Crippen LogP contribution < -0.4 is 4.74 Å². The second-order valence-corrected chi connectivity index (χ2v) is 4.33. The monoisotopic (exact) mass is 268 g/mol. The van der Waals surface area contributed by atoms with Crippen LogP contribution in [0.3, 0.4) is 0 Å². The highest BCUT2D eigenvalue weighted by molar-refractivity contribution is 5.87. The number of carboxylic acids is 1. The lowest BCUT2D eigenvalue weighted by atomic mass is 10.1. The van der Waals surface area contributed by atoms with E-state index in [4.69, 9.17) is 9.84 Å². The summed E-state index contributed by atoms with van der Waals surface area (Å²) in [6.45, 7) is 2.37. The molecule has 102 valence electrons. The second kappa shape index (κ2) is 6.57. The zero-order chi connectivity index (χ0) is 14.4. The molecular formula is C17H16O3. The molecule has 3 heteroatoms. The van der Waals surface area contributed by atoms with Crippen LogP contribution in [-0.4, -0.2) is 11.1 Å². The third-order valence-corrected chi connectivity index (χ3v) is 2.86. The van der Waals surface area contributed by atoms with E-state index in [0.717, 1.165) is 16.9 Å². The lowest BCUT2D eigenvalue weighted by Gasteiger charge is -2.09. The molecule has 0 spiro atoms. The maximum absolute atomic E-state index is 10.8. The number of aromatic carboxylic acids is 1. The molecule has 0 aromatic heterocycles. The predicted octanol–water partition coefficient (Wildman–Crippen LogP) is 4.00. The van der Waals surface area contributed by atoms with Crippen LogP contribution in [0.1, 0.15) is 28.4 Å². The second-order valence-electron chi connectivity index (χ2n) is 4.33. The number of carbonyl (C=O) groups is 1. The fourth-order valence-corrected chi connectivity index (χ4v) is 1.83. The smallest absolute Gasteiger partial charge is 0.335 e. The SMILES string of the molecule is CC=Cc1ccccc1OCc1ccc(C(=O)O)cc1. The van der Waals surface area contributed by atoms with Gasteiger partial charge in [-0.1, -0.05) is 42.5 Å². The minimum atomic E-state index is -0.920. The summed E-state index contributed by atoms with van der Waals surface area (Å²) in [5.74, 6) is -0.108. The van der Waals surface area contributed by atoms with Gasteiger partial charge in [-0.25, -0.2) is 4.79 Å². The molecular weight excluding hydrogens is 252 g/mol. The van der Waals surface area contributed by atoms with Crippen LogP contribution in [0, 0.1) is 0 Å². The van der Waals surface area contributed by atoms with E-state index in [1.165, 1.54) is 0 Å². The highest BCUT2D eigenvalue weighted by Crippen LogP contribution is 2.20. The van der Waals surface area contributed by atoms with E-state index in [1.54, 1.807) is 24.3 Å². The van der Waals surface area contributed by atoms with Crippen molar-refractivity contribution in [3.63, 3.8) is 0 Å². The zero-order valence-electron chi connectivity index (χ0n) is 11.2. The van der Waals surface area contributed by atoms with E-state index in [9.17, 15) is 4.79 Å². The Morgan fingerprint density at radius 2 is 1.85 bits per heavy atom. The van der Waals surface area contributed by atoms with E-state index in [-0.39, 0.29) is 5.56 Å². The van der Waals surface area contributed by atoms with Crippen molar-refractivity contribution in [1.82, 2.24) is 0 Å². The van der Waals surface area contributed by atoms with Crippen LogP contribution in [-0.2, 0) is 6.61 Å². The van der Waals surface area contributed by atoms with Gasteiger partial charge in [0.25, 0.3) is 0 Å². The van der Waals surface area contributed by atoms with Crippen molar-refractivity contribution < 1.29 is 14.6 Å². The van der Waals surface area contributed by atoms with Crippen LogP contribution in [0.15, 0.2) is 54.6 Å². The first kappa shape index (κ1) is 13.9. The summed E-state index contributed by atoms with van der Waals surface area (Å²) in [6.07, 6.45) is 3.95. The minimum absolute atomic E-state index is 0.281. The Kier molecular flexibility index (Phi) is 4.56. The molecule has 0 fully saturated rings. The minimum Gasteiger partial charge on any atom is -0.488 e. The number of hydrogen-bond donors (Lipinski definition) is 1. The van der Waals surface area contributed by atoms with Gasteiger partial charge in [0, 0.05) is 5.56 Å². The third kappa shape index (κ3) is 3.48. The van der Waals surface area contributed by atoms with Crippen molar-refractivity contribution in [3.8, 4) is 5.75 Å². The van der Waals surface area contributed by atoms with E-state index >= 15 is 0 Å². The summed E-state index contributed by atoms with van der Waals surface area (Å²) in [6, 6.07) is 14.5. The van der Waals surface area contributed by atoms with Crippen molar-refractivity contribution in [2.45, 2.75) is 13.5 Å². The van der Waals surface area contributed by atoms with Gasteiger partial charge in [0.05, 0.1) is 5.56 Å². The molecule has 2 rings (SSSR count). The molecule has 0 heterocycles. The highest BCUT2D eigenvalue weighted by Gasteiger charge is 2.03. The van der Waals surface area contributed by atoms with Gasteiger partial charge in [0.15, 0.2) is 0 Å². The molecule has 0 amide bonds. The summed E-state index contributed by atoms with van der Waals surface area (Å²) < 4.78 is 5.78. The zero-order valence-corrected chi connectivity index (χ0v) is 11.2. The lowest BCUT2D eigenvalue weighted by Crippen LogP contribution is -1.99. The van der Waals surface area contributed by atoms with Crippen LogP contribution in [0.2, 0.25) is 0 Å². The Labute approximate surface area is 118 Å². The van der Waals surface area contributed by atoms with E-state index < -0.39 is 5.97 Å². The normalized spacial score (nSPS) is 10.7. The third-order valence-electron chi connectivity index (χ3n) is 2.86. The van der Waals surface area contributed by atoms with Crippen LogP contribution in [0.4, 0.5) is 0 Å². The molecule has 0 atom stereocenters. The Balaban J connectivity index is 2.07. The summed E-state index contributed by atoms with van der Waals surface area (Å²) in [5, 5.41) is 8.84. The number of benzene rings is 2. The summed E-state index contributed by atoms with van der Waals surface area (Å²) >= 11 is 0. The van der Waals surface area contributed by atoms with Gasteiger partial charge in [-0.15, -0.1) is 0 Å².